The summed E-state index contributed by atoms with van der Waals surface area (Å²) in [6, 6.07) is 7.89. The zero-order valence-corrected chi connectivity index (χ0v) is 15.8. The molecule has 1 saturated heterocycles. The van der Waals surface area contributed by atoms with Gasteiger partial charge < -0.3 is 10.2 Å². The van der Waals surface area contributed by atoms with Gasteiger partial charge in [-0.25, -0.2) is 4.98 Å². The maximum atomic E-state index is 13.0. The second-order valence-corrected chi connectivity index (χ2v) is 8.34. The summed E-state index contributed by atoms with van der Waals surface area (Å²) < 4.78 is 1.02. The third kappa shape index (κ3) is 3.67. The highest BCUT2D eigenvalue weighted by molar-refractivity contribution is 7.20. The smallest absolute Gasteiger partial charge is 0.237 e. The first-order valence-electron chi connectivity index (χ1n) is 9.65. The first-order chi connectivity index (χ1) is 12.7. The molecule has 138 valence electrons. The number of aromatic nitrogens is 1. The number of Topliss-reactive ketones (excluding diaryl/α,β-unsaturated/α-hetero) is 1. The number of carbonyl (C=O) groups is 2. The molecule has 1 aromatic carbocycles. The van der Waals surface area contributed by atoms with Gasteiger partial charge in [-0.1, -0.05) is 31.4 Å². The monoisotopic (exact) mass is 371 g/mol. The molecule has 0 spiro atoms. The first-order valence-corrected chi connectivity index (χ1v) is 10.5. The highest BCUT2D eigenvalue weighted by Gasteiger charge is 2.35. The van der Waals surface area contributed by atoms with Gasteiger partial charge in [0.25, 0.3) is 0 Å². The van der Waals surface area contributed by atoms with Crippen molar-refractivity contribution in [2.24, 2.45) is 0 Å². The van der Waals surface area contributed by atoms with Gasteiger partial charge in [0.05, 0.1) is 22.8 Å². The average Bonchev–Trinajstić information content (AvgIpc) is 3.33. The quantitative estimate of drug-likeness (QED) is 0.819. The lowest BCUT2D eigenvalue weighted by Crippen LogP contribution is -2.46. The van der Waals surface area contributed by atoms with Crippen LogP contribution >= 0.6 is 11.3 Å². The van der Waals surface area contributed by atoms with Crippen LogP contribution < -0.4 is 5.32 Å². The number of ketones is 1. The first kappa shape index (κ1) is 17.6. The largest absolute Gasteiger partial charge is 0.331 e. The fraction of sp³-hybridized carbons (Fsp3) is 0.550. The highest BCUT2D eigenvalue weighted by Crippen LogP contribution is 2.27. The highest BCUT2D eigenvalue weighted by atomic mass is 32.1. The van der Waals surface area contributed by atoms with Gasteiger partial charge in [0, 0.05) is 12.6 Å². The van der Waals surface area contributed by atoms with Gasteiger partial charge in [-0.15, -0.1) is 11.3 Å². The second kappa shape index (κ2) is 7.84. The molecule has 0 radical (unpaired) electrons. The molecule has 4 rings (SSSR count). The van der Waals surface area contributed by atoms with Crippen molar-refractivity contribution in [2.75, 3.05) is 13.1 Å². The molecule has 1 amide bonds. The molecular formula is C20H25N3O2S. The minimum Gasteiger partial charge on any atom is -0.331 e. The normalized spacial score (nSPS) is 21.4. The number of hydrogen-bond donors (Lipinski definition) is 1. The predicted molar refractivity (Wildman–Crippen MR) is 104 cm³/mol. The summed E-state index contributed by atoms with van der Waals surface area (Å²) in [6.07, 6.45) is 7.72. The molecule has 0 unspecified atom stereocenters. The lowest BCUT2D eigenvalue weighted by Gasteiger charge is -2.26. The van der Waals surface area contributed by atoms with Crippen molar-refractivity contribution in [1.82, 2.24) is 15.2 Å². The van der Waals surface area contributed by atoms with Crippen molar-refractivity contribution in [3.8, 4) is 0 Å². The number of rotatable bonds is 5. The Morgan fingerprint density at radius 2 is 1.92 bits per heavy atom. The molecule has 1 aliphatic heterocycles. The Bertz CT molecular complexity index is 764. The number of para-hydroxylation sites is 1. The van der Waals surface area contributed by atoms with Crippen molar-refractivity contribution in [3.63, 3.8) is 0 Å². The number of benzene rings is 1. The third-order valence-corrected chi connectivity index (χ3v) is 6.58. The van der Waals surface area contributed by atoms with Gasteiger partial charge in [-0.2, -0.15) is 0 Å². The molecule has 1 saturated carbocycles. The van der Waals surface area contributed by atoms with E-state index in [0.29, 0.717) is 24.1 Å². The Morgan fingerprint density at radius 1 is 1.12 bits per heavy atom. The standard InChI is InChI=1S/C20H25N3O2S/c24-18(13-21-14-7-2-1-3-8-14)23-12-6-10-16(23)19(25)20-22-15-9-4-5-11-17(15)26-20/h4-5,9,11,14,16,21H,1-3,6-8,10,12-13H2/t16-/m0/s1. The van der Waals surface area contributed by atoms with Gasteiger partial charge >= 0.3 is 0 Å². The maximum Gasteiger partial charge on any atom is 0.237 e. The van der Waals surface area contributed by atoms with Crippen molar-refractivity contribution in [2.45, 2.75) is 57.0 Å². The van der Waals surface area contributed by atoms with Crippen LogP contribution in [0.5, 0.6) is 0 Å². The van der Waals surface area contributed by atoms with Crippen LogP contribution in [0, 0.1) is 0 Å². The molecule has 2 heterocycles. The van der Waals surface area contributed by atoms with Crippen LogP contribution in [0.2, 0.25) is 0 Å². The van der Waals surface area contributed by atoms with E-state index < -0.39 is 0 Å². The molecule has 1 atom stereocenters. The molecule has 5 nitrogen and oxygen atoms in total. The summed E-state index contributed by atoms with van der Waals surface area (Å²) in [5.41, 5.74) is 0.857. The number of nitrogens with zero attached hydrogens (tertiary/aromatic N) is 2. The molecule has 2 aliphatic rings. The number of carbonyl (C=O) groups excluding carboxylic acids is 2. The summed E-state index contributed by atoms with van der Waals surface area (Å²) in [6.45, 7) is 1.01. The van der Waals surface area contributed by atoms with Crippen LogP contribution in [0.15, 0.2) is 24.3 Å². The van der Waals surface area contributed by atoms with Gasteiger partial charge in [-0.3, -0.25) is 9.59 Å². The number of fused-ring (bicyclic) bond motifs is 1. The number of likely N-dealkylation sites (tertiary alicyclic amines) is 1. The Morgan fingerprint density at radius 3 is 2.73 bits per heavy atom. The molecule has 1 aromatic heterocycles. The van der Waals surface area contributed by atoms with Gasteiger partial charge in [-0.05, 0) is 37.8 Å². The summed E-state index contributed by atoms with van der Waals surface area (Å²) >= 11 is 1.43. The summed E-state index contributed by atoms with van der Waals surface area (Å²) in [4.78, 5) is 31.9. The minimum atomic E-state index is -0.351. The summed E-state index contributed by atoms with van der Waals surface area (Å²) in [5.74, 6) is 0.0438. The van der Waals surface area contributed by atoms with Crippen molar-refractivity contribution in [3.05, 3.63) is 29.3 Å². The number of thiazole rings is 1. The SMILES string of the molecule is O=C(c1nc2ccccc2s1)[C@@H]1CCCN1C(=O)CNC1CCCCC1. The topological polar surface area (TPSA) is 62.3 Å². The van der Waals surface area contributed by atoms with Crippen molar-refractivity contribution < 1.29 is 9.59 Å². The Balaban J connectivity index is 1.41. The fourth-order valence-electron chi connectivity index (χ4n) is 4.10. The molecular weight excluding hydrogens is 346 g/mol. The zero-order chi connectivity index (χ0) is 17.9. The molecule has 1 aliphatic carbocycles. The van der Waals surface area contributed by atoms with Crippen LogP contribution in [-0.2, 0) is 4.79 Å². The van der Waals surface area contributed by atoms with Crippen LogP contribution in [0.3, 0.4) is 0 Å². The van der Waals surface area contributed by atoms with Crippen LogP contribution in [0.1, 0.15) is 54.7 Å². The van der Waals surface area contributed by atoms with Gasteiger partial charge in [0.2, 0.25) is 11.7 Å². The fourth-order valence-corrected chi connectivity index (χ4v) is 5.05. The van der Waals surface area contributed by atoms with E-state index in [1.165, 1.54) is 30.6 Å². The maximum absolute atomic E-state index is 13.0. The van der Waals surface area contributed by atoms with E-state index in [1.54, 1.807) is 4.90 Å². The zero-order valence-electron chi connectivity index (χ0n) is 14.9. The van der Waals surface area contributed by atoms with Crippen LogP contribution in [-0.4, -0.2) is 46.7 Å². The lowest BCUT2D eigenvalue weighted by atomic mass is 9.95. The lowest BCUT2D eigenvalue weighted by molar-refractivity contribution is -0.130. The van der Waals surface area contributed by atoms with E-state index in [1.807, 2.05) is 24.3 Å². The van der Waals surface area contributed by atoms with E-state index in [9.17, 15) is 9.59 Å². The van der Waals surface area contributed by atoms with Crippen LogP contribution in [0.4, 0.5) is 0 Å². The van der Waals surface area contributed by atoms with Crippen LogP contribution in [0.25, 0.3) is 10.2 Å². The molecule has 2 fully saturated rings. The van der Waals surface area contributed by atoms with E-state index in [-0.39, 0.29) is 17.7 Å². The molecule has 1 N–H and O–H groups in total. The van der Waals surface area contributed by atoms with E-state index in [4.69, 9.17) is 0 Å². The summed E-state index contributed by atoms with van der Waals surface area (Å²) in [7, 11) is 0. The average molecular weight is 372 g/mol. The number of hydrogen-bond acceptors (Lipinski definition) is 5. The number of amides is 1. The van der Waals surface area contributed by atoms with Crippen molar-refractivity contribution in [1.29, 1.82) is 0 Å². The molecule has 0 bridgehead atoms. The van der Waals surface area contributed by atoms with Gasteiger partial charge in [0.15, 0.2) is 5.01 Å². The van der Waals surface area contributed by atoms with E-state index in [0.717, 1.165) is 35.9 Å². The van der Waals surface area contributed by atoms with E-state index in [2.05, 4.69) is 10.3 Å². The Hall–Kier alpha value is -1.79. The summed E-state index contributed by atoms with van der Waals surface area (Å²) in [5, 5.41) is 3.93. The second-order valence-electron chi connectivity index (χ2n) is 7.31. The number of nitrogens with one attached hydrogen (secondary N) is 1. The predicted octanol–water partition coefficient (Wildman–Crippen LogP) is 3.39. The van der Waals surface area contributed by atoms with E-state index >= 15 is 0 Å². The van der Waals surface area contributed by atoms with Crippen molar-refractivity contribution >= 4 is 33.2 Å². The third-order valence-electron chi connectivity index (χ3n) is 5.53. The Kier molecular flexibility index (Phi) is 5.31. The minimum absolute atomic E-state index is 0.00489. The molecule has 6 heteroatoms. The van der Waals surface area contributed by atoms with Gasteiger partial charge in [0.1, 0.15) is 0 Å². The Labute approximate surface area is 157 Å². The molecule has 26 heavy (non-hydrogen) atoms. The molecule has 2 aromatic rings.